The van der Waals surface area contributed by atoms with Gasteiger partial charge in [-0.15, -0.1) is 0 Å². The molecule has 2 aromatic carbocycles. The van der Waals surface area contributed by atoms with E-state index >= 15 is 0 Å². The third kappa shape index (κ3) is 6.58. The number of rotatable bonds is 10. The Kier molecular flexibility index (Phi) is 8.07. The maximum absolute atomic E-state index is 13.1. The van der Waals surface area contributed by atoms with Crippen molar-refractivity contribution in [1.29, 1.82) is 0 Å². The third-order valence-electron chi connectivity index (χ3n) is 4.92. The molecule has 2 amide bonds. The van der Waals surface area contributed by atoms with Crippen LogP contribution in [0.15, 0.2) is 59.1 Å². The molecule has 1 heterocycles. The predicted molar refractivity (Wildman–Crippen MR) is 125 cm³/mol. The highest BCUT2D eigenvalue weighted by atomic mass is 16.5. The molecule has 0 atom stereocenters. The van der Waals surface area contributed by atoms with Crippen LogP contribution in [0.5, 0.6) is 11.5 Å². The zero-order valence-corrected chi connectivity index (χ0v) is 19.3. The van der Waals surface area contributed by atoms with Crippen molar-refractivity contribution in [3.05, 3.63) is 60.3 Å². The molecular formula is C25H29N3O5. The normalized spacial score (nSPS) is 10.7. The quantitative estimate of drug-likeness (QED) is 0.488. The second-order valence-corrected chi connectivity index (χ2v) is 7.98. The number of benzene rings is 2. The summed E-state index contributed by atoms with van der Waals surface area (Å²) in [7, 11) is 3.16. The Hall–Kier alpha value is -3.81. The van der Waals surface area contributed by atoms with Crippen molar-refractivity contribution >= 4 is 17.5 Å². The number of anilines is 1. The Bertz CT molecular complexity index is 1090. The summed E-state index contributed by atoms with van der Waals surface area (Å²) >= 11 is 0. The van der Waals surface area contributed by atoms with Gasteiger partial charge in [-0.1, -0.05) is 37.2 Å². The SMILES string of the molecule is COc1cccc(NC(=O)CCN(CC(C)C)C(=O)c2cc(-c3cccc(OC)c3)on2)c1. The first-order chi connectivity index (χ1) is 15.9. The first-order valence-corrected chi connectivity index (χ1v) is 10.7. The number of aromatic nitrogens is 1. The van der Waals surface area contributed by atoms with Crippen molar-refractivity contribution in [1.82, 2.24) is 10.1 Å². The molecule has 3 rings (SSSR count). The fraction of sp³-hybridized carbons (Fsp3) is 0.320. The number of carbonyl (C=O) groups is 2. The van der Waals surface area contributed by atoms with Gasteiger partial charge < -0.3 is 24.2 Å². The van der Waals surface area contributed by atoms with Gasteiger partial charge in [-0.05, 0) is 30.2 Å². The molecule has 1 aromatic heterocycles. The fourth-order valence-corrected chi connectivity index (χ4v) is 3.33. The van der Waals surface area contributed by atoms with E-state index < -0.39 is 0 Å². The van der Waals surface area contributed by atoms with Gasteiger partial charge in [-0.25, -0.2) is 0 Å². The van der Waals surface area contributed by atoms with Crippen LogP contribution in [0.2, 0.25) is 0 Å². The highest BCUT2D eigenvalue weighted by Crippen LogP contribution is 2.25. The number of nitrogens with zero attached hydrogens (tertiary/aromatic N) is 2. The van der Waals surface area contributed by atoms with Crippen LogP contribution in [0.1, 0.15) is 30.8 Å². The van der Waals surface area contributed by atoms with Crippen LogP contribution < -0.4 is 14.8 Å². The van der Waals surface area contributed by atoms with E-state index in [2.05, 4.69) is 10.5 Å². The van der Waals surface area contributed by atoms with Gasteiger partial charge in [0, 0.05) is 42.9 Å². The van der Waals surface area contributed by atoms with Crippen LogP contribution in [0.4, 0.5) is 5.69 Å². The van der Waals surface area contributed by atoms with Crippen LogP contribution in [-0.4, -0.2) is 49.2 Å². The third-order valence-corrected chi connectivity index (χ3v) is 4.92. The van der Waals surface area contributed by atoms with Gasteiger partial charge in [0.05, 0.1) is 14.2 Å². The van der Waals surface area contributed by atoms with E-state index in [1.807, 2.05) is 38.1 Å². The van der Waals surface area contributed by atoms with Gasteiger partial charge in [0.2, 0.25) is 5.91 Å². The Morgan fingerprint density at radius 2 is 1.73 bits per heavy atom. The molecule has 3 aromatic rings. The summed E-state index contributed by atoms with van der Waals surface area (Å²) in [6, 6.07) is 16.1. The lowest BCUT2D eigenvalue weighted by atomic mass is 10.1. The average Bonchev–Trinajstić information content (AvgIpc) is 3.31. The predicted octanol–water partition coefficient (Wildman–Crippen LogP) is 4.49. The number of hydrogen-bond acceptors (Lipinski definition) is 6. The number of amides is 2. The molecule has 0 radical (unpaired) electrons. The number of nitrogens with one attached hydrogen (secondary N) is 1. The van der Waals surface area contributed by atoms with Crippen molar-refractivity contribution in [3.63, 3.8) is 0 Å². The molecule has 1 N–H and O–H groups in total. The van der Waals surface area contributed by atoms with Gasteiger partial charge in [-0.3, -0.25) is 9.59 Å². The fourth-order valence-electron chi connectivity index (χ4n) is 3.33. The van der Waals surface area contributed by atoms with Gasteiger partial charge in [-0.2, -0.15) is 0 Å². The van der Waals surface area contributed by atoms with E-state index in [9.17, 15) is 9.59 Å². The van der Waals surface area contributed by atoms with Crippen LogP contribution in [0.25, 0.3) is 11.3 Å². The second-order valence-electron chi connectivity index (χ2n) is 7.98. The zero-order valence-electron chi connectivity index (χ0n) is 19.3. The van der Waals surface area contributed by atoms with E-state index in [4.69, 9.17) is 14.0 Å². The molecular weight excluding hydrogens is 422 g/mol. The lowest BCUT2D eigenvalue weighted by Crippen LogP contribution is -2.36. The summed E-state index contributed by atoms with van der Waals surface area (Å²) in [6.07, 6.45) is 0.149. The largest absolute Gasteiger partial charge is 0.497 e. The molecule has 0 aliphatic carbocycles. The van der Waals surface area contributed by atoms with Crippen molar-refractivity contribution in [2.24, 2.45) is 5.92 Å². The zero-order chi connectivity index (χ0) is 23.8. The Labute approximate surface area is 193 Å². The molecule has 0 saturated heterocycles. The first-order valence-electron chi connectivity index (χ1n) is 10.7. The average molecular weight is 452 g/mol. The summed E-state index contributed by atoms with van der Waals surface area (Å²) in [6.45, 7) is 4.78. The van der Waals surface area contributed by atoms with Gasteiger partial charge in [0.1, 0.15) is 11.5 Å². The minimum atomic E-state index is -0.282. The summed E-state index contributed by atoms with van der Waals surface area (Å²) in [5.74, 6) is 1.55. The molecule has 0 aliphatic rings. The molecule has 0 bridgehead atoms. The summed E-state index contributed by atoms with van der Waals surface area (Å²) in [5, 5.41) is 6.81. The number of ether oxygens (including phenoxy) is 2. The maximum atomic E-state index is 13.1. The van der Waals surface area contributed by atoms with E-state index in [-0.39, 0.29) is 36.4 Å². The minimum Gasteiger partial charge on any atom is -0.497 e. The standard InChI is InChI=1S/C25H29N3O5/c1-17(2)16-28(12-11-24(29)26-19-8-6-10-21(14-19)32-4)25(30)22-15-23(33-27-22)18-7-5-9-20(13-18)31-3/h5-10,13-15,17H,11-12,16H2,1-4H3,(H,26,29). The first kappa shape index (κ1) is 23.8. The summed E-state index contributed by atoms with van der Waals surface area (Å²) in [5.41, 5.74) is 1.59. The molecule has 0 unspecified atom stereocenters. The molecule has 0 aliphatic heterocycles. The Morgan fingerprint density at radius 3 is 2.42 bits per heavy atom. The van der Waals surface area contributed by atoms with Crippen molar-refractivity contribution < 1.29 is 23.6 Å². The summed E-state index contributed by atoms with van der Waals surface area (Å²) in [4.78, 5) is 27.2. The van der Waals surface area contributed by atoms with Crippen LogP contribution in [0, 0.1) is 5.92 Å². The molecule has 8 heteroatoms. The van der Waals surface area contributed by atoms with Crippen molar-refractivity contribution in [2.45, 2.75) is 20.3 Å². The smallest absolute Gasteiger partial charge is 0.276 e. The van der Waals surface area contributed by atoms with Gasteiger partial charge in [0.25, 0.3) is 5.91 Å². The Morgan fingerprint density at radius 1 is 1.03 bits per heavy atom. The lowest BCUT2D eigenvalue weighted by Gasteiger charge is -2.23. The number of hydrogen-bond donors (Lipinski definition) is 1. The minimum absolute atomic E-state index is 0.149. The lowest BCUT2D eigenvalue weighted by molar-refractivity contribution is -0.116. The highest BCUT2D eigenvalue weighted by Gasteiger charge is 2.22. The van der Waals surface area contributed by atoms with Crippen LogP contribution >= 0.6 is 0 Å². The van der Waals surface area contributed by atoms with Crippen molar-refractivity contribution in [3.8, 4) is 22.8 Å². The Balaban J connectivity index is 1.67. The molecule has 0 saturated carbocycles. The topological polar surface area (TPSA) is 93.9 Å². The molecule has 0 spiro atoms. The summed E-state index contributed by atoms with van der Waals surface area (Å²) < 4.78 is 15.8. The molecule has 8 nitrogen and oxygen atoms in total. The van der Waals surface area contributed by atoms with E-state index in [1.54, 1.807) is 49.5 Å². The van der Waals surface area contributed by atoms with E-state index in [0.717, 1.165) is 5.56 Å². The monoisotopic (exact) mass is 451 g/mol. The van der Waals surface area contributed by atoms with Crippen LogP contribution in [-0.2, 0) is 4.79 Å². The van der Waals surface area contributed by atoms with Crippen LogP contribution in [0.3, 0.4) is 0 Å². The highest BCUT2D eigenvalue weighted by molar-refractivity contribution is 5.94. The second kappa shape index (κ2) is 11.2. The van der Waals surface area contributed by atoms with Gasteiger partial charge >= 0.3 is 0 Å². The van der Waals surface area contributed by atoms with E-state index in [1.165, 1.54) is 0 Å². The molecule has 33 heavy (non-hydrogen) atoms. The maximum Gasteiger partial charge on any atom is 0.276 e. The molecule has 174 valence electrons. The number of carbonyl (C=O) groups excluding carboxylic acids is 2. The molecule has 0 fully saturated rings. The van der Waals surface area contributed by atoms with Gasteiger partial charge in [0.15, 0.2) is 11.5 Å². The van der Waals surface area contributed by atoms with Crippen molar-refractivity contribution in [2.75, 3.05) is 32.6 Å². The number of methoxy groups -OCH3 is 2. The van der Waals surface area contributed by atoms with E-state index in [0.29, 0.717) is 29.5 Å².